The maximum absolute atomic E-state index is 12.3. The molecule has 0 saturated carbocycles. The number of halogens is 1. The Morgan fingerprint density at radius 3 is 2.54 bits per heavy atom. The van der Waals surface area contributed by atoms with Crippen molar-refractivity contribution in [1.29, 1.82) is 5.26 Å². The van der Waals surface area contributed by atoms with E-state index in [2.05, 4.69) is 13.0 Å². The van der Waals surface area contributed by atoms with Crippen LogP contribution in [0, 0.1) is 11.3 Å². The third kappa shape index (κ3) is 6.35. The van der Waals surface area contributed by atoms with E-state index in [9.17, 15) is 10.1 Å². The van der Waals surface area contributed by atoms with Crippen LogP contribution in [0.5, 0.6) is 23.0 Å². The van der Waals surface area contributed by atoms with Gasteiger partial charge in [0.2, 0.25) is 5.88 Å². The first-order chi connectivity index (χ1) is 18.0. The first-order valence-electron chi connectivity index (χ1n) is 12.0. The number of fused-ring (bicyclic) bond motifs is 1. The molecule has 3 aromatic carbocycles. The summed E-state index contributed by atoms with van der Waals surface area (Å²) in [7, 11) is 0. The molecule has 3 aromatic rings. The lowest BCUT2D eigenvalue weighted by Crippen LogP contribution is -2.21. The molecule has 2 N–H and O–H groups in total. The second-order valence-electron chi connectivity index (χ2n) is 8.44. The van der Waals surface area contributed by atoms with Gasteiger partial charge < -0.3 is 24.7 Å². The smallest absolute Gasteiger partial charge is 0.349 e. The van der Waals surface area contributed by atoms with Crippen LogP contribution in [0.4, 0.5) is 0 Å². The molecule has 0 radical (unpaired) electrons. The maximum atomic E-state index is 12.3. The molecule has 0 spiro atoms. The van der Waals surface area contributed by atoms with Crippen molar-refractivity contribution in [1.82, 2.24) is 0 Å². The minimum atomic E-state index is -0.608. The summed E-state index contributed by atoms with van der Waals surface area (Å²) in [6.45, 7) is 2.49. The van der Waals surface area contributed by atoms with Gasteiger partial charge in [-0.05, 0) is 42.3 Å². The molecule has 4 rings (SSSR count). The Morgan fingerprint density at radius 1 is 1.05 bits per heavy atom. The fraction of sp³-hybridized carbons (Fsp3) is 0.241. The van der Waals surface area contributed by atoms with Crippen LogP contribution in [0.15, 0.2) is 78.2 Å². The quantitative estimate of drug-likeness (QED) is 0.196. The zero-order valence-corrected chi connectivity index (χ0v) is 21.2. The first-order valence-corrected chi connectivity index (χ1v) is 12.4. The van der Waals surface area contributed by atoms with Gasteiger partial charge >= 0.3 is 5.97 Å². The van der Waals surface area contributed by atoms with Gasteiger partial charge in [0.25, 0.3) is 0 Å². The van der Waals surface area contributed by atoms with Crippen LogP contribution in [0.1, 0.15) is 43.2 Å². The number of carbonyl (C=O) groups is 1. The molecule has 7 nitrogen and oxygen atoms in total. The number of hydrogen-bond donors (Lipinski definition) is 1. The molecular weight excluding hydrogens is 492 g/mol. The molecule has 190 valence electrons. The van der Waals surface area contributed by atoms with Crippen LogP contribution >= 0.6 is 11.6 Å². The Balaban J connectivity index is 1.49. The lowest BCUT2D eigenvalue weighted by Gasteiger charge is -2.26. The van der Waals surface area contributed by atoms with Crippen LogP contribution in [0.2, 0.25) is 5.02 Å². The van der Waals surface area contributed by atoms with Crippen molar-refractivity contribution in [2.24, 2.45) is 5.73 Å². The number of rotatable bonds is 10. The summed E-state index contributed by atoms with van der Waals surface area (Å²) in [4.78, 5) is 12.3. The SMILES string of the molecule is CCCCCOc1ccc(C2C(C#N)=C(N)Oc3cc(OC(=O)COc4ccccc4Cl)ccc32)cc1. The number of unbranched alkanes of at least 4 members (excludes halogenated alkanes) is 2. The molecular formula is C29H27ClN2O5. The number of nitriles is 1. The highest BCUT2D eigenvalue weighted by atomic mass is 35.5. The minimum Gasteiger partial charge on any atom is -0.494 e. The molecule has 37 heavy (non-hydrogen) atoms. The van der Waals surface area contributed by atoms with E-state index < -0.39 is 11.9 Å². The van der Waals surface area contributed by atoms with Gasteiger partial charge in [-0.25, -0.2) is 4.79 Å². The maximum Gasteiger partial charge on any atom is 0.349 e. The van der Waals surface area contributed by atoms with E-state index in [0.717, 1.165) is 36.1 Å². The van der Waals surface area contributed by atoms with E-state index in [1.807, 2.05) is 24.3 Å². The van der Waals surface area contributed by atoms with Crippen molar-refractivity contribution in [3.63, 3.8) is 0 Å². The normalized spacial score (nSPS) is 14.2. The van der Waals surface area contributed by atoms with Crippen molar-refractivity contribution in [2.45, 2.75) is 32.1 Å². The van der Waals surface area contributed by atoms with Crippen LogP contribution in [0.25, 0.3) is 0 Å². The van der Waals surface area contributed by atoms with Crippen molar-refractivity contribution in [2.75, 3.05) is 13.2 Å². The highest BCUT2D eigenvalue weighted by molar-refractivity contribution is 6.32. The molecule has 0 aliphatic carbocycles. The van der Waals surface area contributed by atoms with Gasteiger partial charge in [0.05, 0.1) is 17.5 Å². The highest BCUT2D eigenvalue weighted by Gasteiger charge is 2.31. The van der Waals surface area contributed by atoms with E-state index >= 15 is 0 Å². The zero-order valence-electron chi connectivity index (χ0n) is 20.4. The standard InChI is InChI=1S/C29H27ClN2O5/c1-2-3-6-15-34-20-11-9-19(10-12-20)28-22-14-13-21(16-26(22)37-29(32)23(28)17-31)36-27(33)18-35-25-8-5-4-7-24(25)30/h4-5,7-14,16,28H,2-3,6,15,18,32H2,1H3. The average Bonchev–Trinajstić information content (AvgIpc) is 2.90. The summed E-state index contributed by atoms with van der Waals surface area (Å²) in [6, 6.07) is 21.6. The molecule has 1 heterocycles. The van der Waals surface area contributed by atoms with Crippen LogP contribution < -0.4 is 24.7 Å². The molecule has 0 bridgehead atoms. The van der Waals surface area contributed by atoms with Crippen LogP contribution in [-0.2, 0) is 4.79 Å². The summed E-state index contributed by atoms with van der Waals surface area (Å²) in [5.74, 6) is 0.776. The van der Waals surface area contributed by atoms with E-state index in [0.29, 0.717) is 28.7 Å². The number of allylic oxidation sites excluding steroid dienone is 1. The summed E-state index contributed by atoms with van der Waals surface area (Å²) in [5, 5.41) is 10.2. The van der Waals surface area contributed by atoms with Crippen LogP contribution in [-0.4, -0.2) is 19.2 Å². The molecule has 1 atom stereocenters. The molecule has 1 aliphatic rings. The highest BCUT2D eigenvalue weighted by Crippen LogP contribution is 2.43. The monoisotopic (exact) mass is 518 g/mol. The molecule has 0 aromatic heterocycles. The Kier molecular flexibility index (Phi) is 8.55. The van der Waals surface area contributed by atoms with E-state index in [4.69, 9.17) is 36.3 Å². The molecule has 0 saturated heterocycles. The number of hydrogen-bond acceptors (Lipinski definition) is 7. The molecule has 0 amide bonds. The number of nitrogens with two attached hydrogens (primary N) is 1. The number of para-hydroxylation sites is 1. The Morgan fingerprint density at radius 2 is 1.81 bits per heavy atom. The number of esters is 1. The predicted molar refractivity (Wildman–Crippen MR) is 140 cm³/mol. The van der Waals surface area contributed by atoms with Crippen LogP contribution in [0.3, 0.4) is 0 Å². The Labute approximate surface area is 221 Å². The Bertz CT molecular complexity index is 1330. The zero-order chi connectivity index (χ0) is 26.2. The number of nitrogens with zero attached hydrogens (tertiary/aromatic N) is 1. The summed E-state index contributed by atoms with van der Waals surface area (Å²) < 4.78 is 22.4. The third-order valence-corrected chi connectivity index (χ3v) is 6.15. The van der Waals surface area contributed by atoms with Crippen molar-refractivity contribution in [3.8, 4) is 29.1 Å². The van der Waals surface area contributed by atoms with Gasteiger partial charge in [-0.3, -0.25) is 0 Å². The number of ether oxygens (including phenoxy) is 4. The molecule has 8 heteroatoms. The van der Waals surface area contributed by atoms with Crippen molar-refractivity contribution >= 4 is 17.6 Å². The molecule has 1 aliphatic heterocycles. The minimum absolute atomic E-state index is 0.00502. The second-order valence-corrected chi connectivity index (χ2v) is 8.85. The van der Waals surface area contributed by atoms with Crippen molar-refractivity contribution < 1.29 is 23.7 Å². The van der Waals surface area contributed by atoms with E-state index in [1.165, 1.54) is 0 Å². The molecule has 1 unspecified atom stereocenters. The Hall–Kier alpha value is -4.15. The number of carbonyl (C=O) groups excluding carboxylic acids is 1. The third-order valence-electron chi connectivity index (χ3n) is 5.83. The van der Waals surface area contributed by atoms with E-state index in [1.54, 1.807) is 42.5 Å². The largest absolute Gasteiger partial charge is 0.494 e. The lowest BCUT2D eigenvalue weighted by molar-refractivity contribution is -0.136. The van der Waals surface area contributed by atoms with Gasteiger partial charge in [0.15, 0.2) is 6.61 Å². The molecule has 0 fully saturated rings. The summed E-state index contributed by atoms with van der Waals surface area (Å²) in [5.41, 5.74) is 8.01. The topological polar surface area (TPSA) is 104 Å². The summed E-state index contributed by atoms with van der Waals surface area (Å²) >= 11 is 6.05. The summed E-state index contributed by atoms with van der Waals surface area (Å²) in [6.07, 6.45) is 3.26. The van der Waals surface area contributed by atoms with Gasteiger partial charge in [-0.1, -0.05) is 61.7 Å². The van der Waals surface area contributed by atoms with E-state index in [-0.39, 0.29) is 18.2 Å². The second kappa shape index (κ2) is 12.2. The van der Waals surface area contributed by atoms with Crippen molar-refractivity contribution in [3.05, 3.63) is 94.3 Å². The fourth-order valence-electron chi connectivity index (χ4n) is 4.00. The van der Waals surface area contributed by atoms with Gasteiger partial charge in [0, 0.05) is 11.6 Å². The first kappa shape index (κ1) is 25.9. The number of benzene rings is 3. The lowest BCUT2D eigenvalue weighted by atomic mass is 9.83. The average molecular weight is 519 g/mol. The fourth-order valence-corrected chi connectivity index (χ4v) is 4.19. The van der Waals surface area contributed by atoms with Gasteiger partial charge in [-0.15, -0.1) is 0 Å². The van der Waals surface area contributed by atoms with Gasteiger partial charge in [0.1, 0.15) is 34.6 Å². The predicted octanol–water partition coefficient (Wildman–Crippen LogP) is 6.11. The van der Waals surface area contributed by atoms with Gasteiger partial charge in [-0.2, -0.15) is 5.26 Å².